The molecule has 214 valence electrons. The van der Waals surface area contributed by atoms with E-state index in [2.05, 4.69) is 15.3 Å². The topological polar surface area (TPSA) is 207 Å². The van der Waals surface area contributed by atoms with Crippen molar-refractivity contribution in [3.8, 4) is 5.75 Å². The van der Waals surface area contributed by atoms with Crippen LogP contribution >= 0.6 is 11.6 Å². The zero-order valence-corrected chi connectivity index (χ0v) is 23.5. The van der Waals surface area contributed by atoms with E-state index in [0.29, 0.717) is 16.5 Å². The van der Waals surface area contributed by atoms with Gasteiger partial charge in [-0.25, -0.2) is 4.99 Å². The molecular weight excluding hydrogens is 579 g/mol. The van der Waals surface area contributed by atoms with E-state index >= 15 is 0 Å². The Kier molecular flexibility index (Phi) is 10.2. The molecule has 6 N–H and O–H groups in total. The summed E-state index contributed by atoms with van der Waals surface area (Å²) in [5, 5.41) is 2.93. The third kappa shape index (κ3) is 9.35. The molecule has 13 nitrogen and oxygen atoms in total. The predicted octanol–water partition coefficient (Wildman–Crippen LogP) is 1.89. The Labute approximate surface area is 230 Å². The minimum Gasteiger partial charge on any atom is -0.490 e. The maximum atomic E-state index is 12.9. The minimum absolute atomic E-state index is 0.0882. The second-order valence-electron chi connectivity index (χ2n) is 8.32. The number of halogens is 2. The van der Waals surface area contributed by atoms with Crippen LogP contribution < -0.4 is 26.4 Å². The lowest BCUT2D eigenvalue weighted by Gasteiger charge is -2.38. The van der Waals surface area contributed by atoms with Crippen LogP contribution in [0.15, 0.2) is 57.3 Å². The first-order valence-corrected chi connectivity index (χ1v) is 14.5. The number of guanidine groups is 2. The Bertz CT molecular complexity index is 1480. The Morgan fingerprint density at radius 1 is 1.15 bits per heavy atom. The molecule has 0 atom stereocenters. The van der Waals surface area contributed by atoms with E-state index in [4.69, 9.17) is 32.4 Å². The molecule has 0 spiro atoms. The summed E-state index contributed by atoms with van der Waals surface area (Å²) in [6, 6.07) is 9.50. The van der Waals surface area contributed by atoms with Crippen molar-refractivity contribution in [2.75, 3.05) is 23.8 Å². The van der Waals surface area contributed by atoms with Gasteiger partial charge in [0, 0.05) is 11.3 Å². The van der Waals surface area contributed by atoms with Crippen LogP contribution in [-0.4, -0.2) is 63.8 Å². The number of rotatable bonds is 8. The highest BCUT2D eigenvalue weighted by molar-refractivity contribution is 7.86. The second-order valence-corrected chi connectivity index (χ2v) is 11.8. The third-order valence-electron chi connectivity index (χ3n) is 4.98. The largest absolute Gasteiger partial charge is 0.490 e. The fourth-order valence-electron chi connectivity index (χ4n) is 3.19. The number of amides is 1. The first-order valence-electron chi connectivity index (χ1n) is 11.1. The van der Waals surface area contributed by atoms with Crippen LogP contribution in [0.3, 0.4) is 0 Å². The van der Waals surface area contributed by atoms with Gasteiger partial charge in [0.25, 0.3) is 16.0 Å². The molecule has 1 aliphatic rings. The highest BCUT2D eigenvalue weighted by atomic mass is 35.5. The monoisotopic (exact) mass is 606 g/mol. The molecule has 3 rings (SSSR count). The number of nitrogens with zero attached hydrogens (tertiary/aromatic N) is 3. The Morgan fingerprint density at radius 3 is 2.23 bits per heavy atom. The average Bonchev–Trinajstić information content (AvgIpc) is 2.81. The molecule has 0 saturated carbocycles. The van der Waals surface area contributed by atoms with Crippen molar-refractivity contribution < 1.29 is 34.8 Å². The Balaban J connectivity index is 0.000000798. The number of hydrogen-bond acceptors (Lipinski definition) is 11. The number of aliphatic imine (C=N–C) groups is 2. The number of hydrogen-bond donors (Lipinski definition) is 4. The van der Waals surface area contributed by atoms with Gasteiger partial charge >= 0.3 is 10.2 Å². The van der Waals surface area contributed by atoms with Crippen LogP contribution in [0.25, 0.3) is 0 Å². The molecule has 0 radical (unpaired) electrons. The smallest absolute Gasteiger partial charge is 0.332 e. The number of ether oxygens (including phenoxy) is 1. The molecule has 0 fully saturated rings. The summed E-state index contributed by atoms with van der Waals surface area (Å²) in [5.41, 5.74) is 11.8. The molecule has 0 saturated heterocycles. The minimum atomic E-state index is -4.82. The molecule has 0 aromatic heterocycles. The Morgan fingerprint density at radius 2 is 1.74 bits per heavy atom. The fraction of sp³-hybridized carbons (Fsp3) is 0.318. The first-order chi connectivity index (χ1) is 17.9. The molecule has 1 heterocycles. The van der Waals surface area contributed by atoms with Crippen molar-refractivity contribution in [2.24, 2.45) is 21.5 Å². The number of nitrogens with two attached hydrogens (primary N) is 2. The van der Waals surface area contributed by atoms with E-state index in [1.54, 1.807) is 23.1 Å². The van der Waals surface area contributed by atoms with Gasteiger partial charge in [-0.05, 0) is 63.2 Å². The molecule has 1 amide bonds. The summed E-state index contributed by atoms with van der Waals surface area (Å²) in [5.74, 6) is -0.0138. The van der Waals surface area contributed by atoms with Gasteiger partial charge in [0.05, 0.1) is 22.2 Å². The molecule has 17 heteroatoms. The van der Waals surface area contributed by atoms with E-state index < -0.39 is 36.8 Å². The van der Waals surface area contributed by atoms with Gasteiger partial charge in [-0.1, -0.05) is 11.6 Å². The quantitative estimate of drug-likeness (QED) is 0.195. The van der Waals surface area contributed by atoms with Crippen LogP contribution in [-0.2, 0) is 20.3 Å². The van der Waals surface area contributed by atoms with Gasteiger partial charge in [0.15, 0.2) is 0 Å². The van der Waals surface area contributed by atoms with Gasteiger partial charge in [-0.15, -0.1) is 3.89 Å². The molecule has 0 unspecified atom stereocenters. The fourth-order valence-corrected chi connectivity index (χ4v) is 3.88. The molecule has 39 heavy (non-hydrogen) atoms. The molecule has 0 bridgehead atoms. The van der Waals surface area contributed by atoms with Gasteiger partial charge in [0.1, 0.15) is 18.0 Å². The highest BCUT2D eigenvalue weighted by Gasteiger charge is 2.33. The van der Waals surface area contributed by atoms with Crippen LogP contribution in [0.2, 0.25) is 5.02 Å². The van der Waals surface area contributed by atoms with E-state index in [-0.39, 0.29) is 36.4 Å². The lowest BCUT2D eigenvalue weighted by Crippen LogP contribution is -2.54. The van der Waals surface area contributed by atoms with Gasteiger partial charge in [0.2, 0.25) is 11.9 Å². The number of carbonyl (C=O) groups excluding carboxylic acids is 1. The Hall–Kier alpha value is -3.47. The summed E-state index contributed by atoms with van der Waals surface area (Å²) in [7, 11) is -8.48. The molecular formula is C22H28ClFN6O7S2. The van der Waals surface area contributed by atoms with E-state index in [1.807, 2.05) is 13.8 Å². The maximum absolute atomic E-state index is 12.9. The van der Waals surface area contributed by atoms with Crippen molar-refractivity contribution >= 4 is 55.5 Å². The highest BCUT2D eigenvalue weighted by Crippen LogP contribution is 2.33. The lowest BCUT2D eigenvalue weighted by atomic mass is 10.1. The summed E-state index contributed by atoms with van der Waals surface area (Å²) >= 11 is 6.35. The number of carbonyl (C=O) groups is 1. The summed E-state index contributed by atoms with van der Waals surface area (Å²) < 4.78 is 67.1. The van der Waals surface area contributed by atoms with Crippen molar-refractivity contribution in [1.29, 1.82) is 0 Å². The zero-order chi connectivity index (χ0) is 29.6. The lowest BCUT2D eigenvalue weighted by molar-refractivity contribution is 0.0947. The molecule has 0 aliphatic carbocycles. The number of anilines is 1. The summed E-state index contributed by atoms with van der Waals surface area (Å²) in [4.78, 5) is 21.6. The first kappa shape index (κ1) is 31.7. The van der Waals surface area contributed by atoms with Crippen LogP contribution in [0.1, 0.15) is 31.1 Å². The van der Waals surface area contributed by atoms with Gasteiger partial charge in [-0.3, -0.25) is 14.2 Å². The average molecular weight is 607 g/mol. The van der Waals surface area contributed by atoms with Crippen molar-refractivity contribution in [1.82, 2.24) is 5.32 Å². The van der Waals surface area contributed by atoms with Crippen molar-refractivity contribution in [3.05, 3.63) is 53.1 Å². The predicted molar refractivity (Wildman–Crippen MR) is 146 cm³/mol. The van der Waals surface area contributed by atoms with Crippen molar-refractivity contribution in [2.45, 2.75) is 31.3 Å². The van der Waals surface area contributed by atoms with Crippen LogP contribution in [0.4, 0.5) is 9.57 Å². The maximum Gasteiger partial charge on any atom is 0.332 e. The van der Waals surface area contributed by atoms with E-state index in [0.717, 1.165) is 12.1 Å². The van der Waals surface area contributed by atoms with Crippen molar-refractivity contribution in [3.63, 3.8) is 0 Å². The van der Waals surface area contributed by atoms with Gasteiger partial charge in [-0.2, -0.15) is 21.8 Å². The van der Waals surface area contributed by atoms with E-state index in [1.165, 1.54) is 19.1 Å². The second kappa shape index (κ2) is 12.6. The molecule has 1 aliphatic heterocycles. The third-order valence-corrected chi connectivity index (χ3v) is 6.84. The van der Waals surface area contributed by atoms with E-state index in [9.17, 15) is 25.5 Å². The molecule has 2 aromatic carbocycles. The standard InChI is InChI=1S/C20H22ClFN6O4S.C2H6O3S/c1-20(2)27-18(23)26-19(24)28(20)13-5-8-16(15(21)11-13)32-10-9-25-17(29)12-3-6-14(7-4-12)33(22,30)31;1-2-6(3,4)5/h3-8,11H,9-10H2,1-2H3,(H,25,29)(H4,23,24,26,27);2H2,1H3,(H,3,4,5). The molecule has 2 aromatic rings. The zero-order valence-electron chi connectivity index (χ0n) is 21.1. The number of benzene rings is 2. The normalized spacial score (nSPS) is 14.9. The van der Waals surface area contributed by atoms with Crippen LogP contribution in [0, 0.1) is 0 Å². The number of nitrogens with one attached hydrogen (secondary N) is 1. The summed E-state index contributed by atoms with van der Waals surface area (Å²) in [6.45, 7) is 5.28. The summed E-state index contributed by atoms with van der Waals surface area (Å²) in [6.07, 6.45) is 0. The van der Waals surface area contributed by atoms with Gasteiger partial charge < -0.3 is 21.5 Å². The van der Waals surface area contributed by atoms with Crippen LogP contribution in [0.5, 0.6) is 5.75 Å². The SMILES string of the molecule is CC1(C)N=C(N)N=C(N)N1c1ccc(OCCNC(=O)c2ccc(S(=O)(=O)F)cc2)c(Cl)c1.CCS(=O)(=O)O.